The van der Waals surface area contributed by atoms with Gasteiger partial charge in [-0.05, 0) is 43.0 Å². The van der Waals surface area contributed by atoms with Crippen molar-refractivity contribution in [3.8, 4) is 0 Å². The molecule has 1 unspecified atom stereocenters. The zero-order chi connectivity index (χ0) is 16.4. The third kappa shape index (κ3) is 3.37. The average Bonchev–Trinajstić information content (AvgIpc) is 3.17. The van der Waals surface area contributed by atoms with Crippen LogP contribution in [0.2, 0.25) is 0 Å². The number of fused-ring (bicyclic) bond motifs is 1. The molecule has 0 radical (unpaired) electrons. The van der Waals surface area contributed by atoms with Crippen LogP contribution in [0.5, 0.6) is 0 Å². The quantitative estimate of drug-likeness (QED) is 0.773. The average molecular weight is 327 g/mol. The fraction of sp³-hybridized carbons (Fsp3) is 0.368. The van der Waals surface area contributed by atoms with Crippen LogP contribution >= 0.6 is 11.3 Å². The Hall–Kier alpha value is -1.94. The first kappa shape index (κ1) is 15.9. The molecule has 1 amide bonds. The Morgan fingerprint density at radius 1 is 1.17 bits per heavy atom. The molecule has 1 aliphatic carbocycles. The van der Waals surface area contributed by atoms with Crippen molar-refractivity contribution < 1.29 is 9.59 Å². The predicted octanol–water partition coefficient (Wildman–Crippen LogP) is 4.17. The van der Waals surface area contributed by atoms with Crippen molar-refractivity contribution in [2.45, 2.75) is 38.6 Å². The highest BCUT2D eigenvalue weighted by Gasteiger charge is 2.28. The van der Waals surface area contributed by atoms with Gasteiger partial charge in [0, 0.05) is 24.8 Å². The maximum atomic E-state index is 12.5. The number of carbonyl (C=O) groups excluding carboxylic acids is 2. The summed E-state index contributed by atoms with van der Waals surface area (Å²) >= 11 is 1.50. The van der Waals surface area contributed by atoms with E-state index in [-0.39, 0.29) is 30.6 Å². The fourth-order valence-corrected chi connectivity index (χ4v) is 4.05. The van der Waals surface area contributed by atoms with E-state index >= 15 is 0 Å². The maximum absolute atomic E-state index is 12.5. The van der Waals surface area contributed by atoms with E-state index in [1.807, 2.05) is 43.1 Å². The Labute approximate surface area is 140 Å². The summed E-state index contributed by atoms with van der Waals surface area (Å²) in [5.41, 5.74) is 2.59. The summed E-state index contributed by atoms with van der Waals surface area (Å²) < 4.78 is 0. The number of amides is 1. The van der Waals surface area contributed by atoms with Crippen LogP contribution in [0.15, 0.2) is 36.4 Å². The molecule has 1 heterocycles. The summed E-state index contributed by atoms with van der Waals surface area (Å²) in [6, 6.07) is 12.3. The van der Waals surface area contributed by atoms with Gasteiger partial charge in [-0.2, -0.15) is 0 Å². The van der Waals surface area contributed by atoms with Crippen molar-refractivity contribution in [1.82, 2.24) is 4.90 Å². The molecule has 3 rings (SSSR count). The van der Waals surface area contributed by atoms with Crippen LogP contribution in [0.3, 0.4) is 0 Å². The second kappa shape index (κ2) is 6.67. The lowest BCUT2D eigenvalue weighted by atomic mass is 10.1. The lowest BCUT2D eigenvalue weighted by molar-refractivity contribution is -0.132. The van der Waals surface area contributed by atoms with Gasteiger partial charge in [0.15, 0.2) is 5.78 Å². The van der Waals surface area contributed by atoms with Gasteiger partial charge in [-0.1, -0.05) is 24.3 Å². The first-order chi connectivity index (χ1) is 11.1. The van der Waals surface area contributed by atoms with E-state index in [1.54, 1.807) is 0 Å². The van der Waals surface area contributed by atoms with Crippen molar-refractivity contribution in [2.75, 3.05) is 7.05 Å². The number of ketones is 1. The molecule has 3 nitrogen and oxygen atoms in total. The zero-order valence-corrected chi connectivity index (χ0v) is 14.4. The molecule has 2 aromatic rings. The number of aryl methyl sites for hydroxylation is 2. The highest BCUT2D eigenvalue weighted by atomic mass is 32.1. The van der Waals surface area contributed by atoms with Gasteiger partial charge in [0.2, 0.25) is 5.91 Å². The van der Waals surface area contributed by atoms with Gasteiger partial charge >= 0.3 is 0 Å². The third-order valence-corrected chi connectivity index (χ3v) is 5.58. The van der Waals surface area contributed by atoms with Gasteiger partial charge < -0.3 is 4.90 Å². The molecule has 0 saturated heterocycles. The van der Waals surface area contributed by atoms with Crippen molar-refractivity contribution in [1.29, 1.82) is 0 Å². The first-order valence-electron chi connectivity index (χ1n) is 7.99. The second-order valence-electron chi connectivity index (χ2n) is 6.09. The zero-order valence-electron chi connectivity index (χ0n) is 13.5. The minimum absolute atomic E-state index is 0.0494. The van der Waals surface area contributed by atoms with Crippen LogP contribution in [0, 0.1) is 6.92 Å². The smallest absolute Gasteiger partial charge is 0.223 e. The highest BCUT2D eigenvalue weighted by molar-refractivity contribution is 7.14. The SMILES string of the molecule is Cc1ccc(C(=O)CCC(=O)N(C)C2CCc3ccccc32)s1. The molecule has 120 valence electrons. The number of carbonyl (C=O) groups is 2. The van der Waals surface area contributed by atoms with E-state index in [9.17, 15) is 9.59 Å². The summed E-state index contributed by atoms with van der Waals surface area (Å²) in [4.78, 5) is 28.3. The maximum Gasteiger partial charge on any atom is 0.223 e. The van der Waals surface area contributed by atoms with Gasteiger partial charge in [-0.15, -0.1) is 11.3 Å². The van der Waals surface area contributed by atoms with Crippen LogP contribution in [0.1, 0.15) is 51.0 Å². The standard InChI is InChI=1S/C19H21NO2S/c1-13-7-11-18(23-13)17(21)10-12-19(22)20(2)16-9-8-14-5-3-4-6-15(14)16/h3-7,11,16H,8-10,12H2,1-2H3. The molecule has 23 heavy (non-hydrogen) atoms. The van der Waals surface area contributed by atoms with Gasteiger partial charge in [0.05, 0.1) is 10.9 Å². The normalized spacial score (nSPS) is 16.2. The van der Waals surface area contributed by atoms with Crippen molar-refractivity contribution in [2.24, 2.45) is 0 Å². The van der Waals surface area contributed by atoms with Crippen LogP contribution in [-0.2, 0) is 11.2 Å². The molecule has 0 saturated carbocycles. The van der Waals surface area contributed by atoms with Crippen LogP contribution in [0.25, 0.3) is 0 Å². The predicted molar refractivity (Wildman–Crippen MR) is 92.9 cm³/mol. The number of thiophene rings is 1. The summed E-state index contributed by atoms with van der Waals surface area (Å²) in [6.45, 7) is 1.98. The summed E-state index contributed by atoms with van der Waals surface area (Å²) in [7, 11) is 1.86. The van der Waals surface area contributed by atoms with Crippen molar-refractivity contribution in [3.63, 3.8) is 0 Å². The summed E-state index contributed by atoms with van der Waals surface area (Å²) in [5, 5.41) is 0. The minimum atomic E-state index is 0.0494. The summed E-state index contributed by atoms with van der Waals surface area (Å²) in [5.74, 6) is 0.116. The molecule has 0 fully saturated rings. The number of hydrogen-bond donors (Lipinski definition) is 0. The van der Waals surface area contributed by atoms with Gasteiger partial charge in [0.1, 0.15) is 0 Å². The summed E-state index contributed by atoms with van der Waals surface area (Å²) in [6.07, 6.45) is 2.56. The Morgan fingerprint density at radius 2 is 1.96 bits per heavy atom. The molecular formula is C19H21NO2S. The van der Waals surface area contributed by atoms with E-state index in [0.717, 1.165) is 22.6 Å². The molecule has 1 aromatic heterocycles. The van der Waals surface area contributed by atoms with Gasteiger partial charge in [-0.25, -0.2) is 0 Å². The minimum Gasteiger partial charge on any atom is -0.339 e. The van der Waals surface area contributed by atoms with Crippen molar-refractivity contribution >= 4 is 23.0 Å². The van der Waals surface area contributed by atoms with E-state index < -0.39 is 0 Å². The Balaban J connectivity index is 1.59. The number of rotatable bonds is 5. The van der Waals surface area contributed by atoms with Crippen LogP contribution in [-0.4, -0.2) is 23.6 Å². The van der Waals surface area contributed by atoms with E-state index in [2.05, 4.69) is 12.1 Å². The Kier molecular flexibility index (Phi) is 4.62. The van der Waals surface area contributed by atoms with Gasteiger partial charge in [0.25, 0.3) is 0 Å². The Bertz CT molecular complexity index is 734. The molecule has 0 aliphatic heterocycles. The number of hydrogen-bond acceptors (Lipinski definition) is 3. The van der Waals surface area contributed by atoms with Crippen molar-refractivity contribution in [3.05, 3.63) is 57.3 Å². The van der Waals surface area contributed by atoms with Crippen LogP contribution in [0.4, 0.5) is 0 Å². The molecule has 0 N–H and O–H groups in total. The number of Topliss-reactive ketones (excluding diaryl/α,β-unsaturated/α-hetero) is 1. The van der Waals surface area contributed by atoms with Gasteiger partial charge in [-0.3, -0.25) is 9.59 Å². The lowest BCUT2D eigenvalue weighted by Crippen LogP contribution is -2.30. The third-order valence-electron chi connectivity index (χ3n) is 4.54. The molecule has 4 heteroatoms. The molecular weight excluding hydrogens is 306 g/mol. The number of benzene rings is 1. The largest absolute Gasteiger partial charge is 0.339 e. The molecule has 1 aliphatic rings. The van der Waals surface area contributed by atoms with E-state index in [1.165, 1.54) is 22.5 Å². The second-order valence-corrected chi connectivity index (χ2v) is 7.38. The van der Waals surface area contributed by atoms with Crippen LogP contribution < -0.4 is 0 Å². The molecule has 0 spiro atoms. The topological polar surface area (TPSA) is 37.4 Å². The molecule has 1 aromatic carbocycles. The van der Waals surface area contributed by atoms with E-state index in [0.29, 0.717) is 0 Å². The monoisotopic (exact) mass is 327 g/mol. The number of nitrogens with zero attached hydrogens (tertiary/aromatic N) is 1. The molecule has 0 bridgehead atoms. The van der Waals surface area contributed by atoms with E-state index in [4.69, 9.17) is 0 Å². The Morgan fingerprint density at radius 3 is 2.70 bits per heavy atom. The fourth-order valence-electron chi connectivity index (χ4n) is 3.22. The highest BCUT2D eigenvalue weighted by Crippen LogP contribution is 2.35. The lowest BCUT2D eigenvalue weighted by Gasteiger charge is -2.25. The first-order valence-corrected chi connectivity index (χ1v) is 8.81. The molecule has 1 atom stereocenters.